The Morgan fingerprint density at radius 3 is 2.81 bits per heavy atom. The van der Waals surface area contributed by atoms with Crippen molar-refractivity contribution in [1.29, 1.82) is 0 Å². The highest BCUT2D eigenvalue weighted by atomic mass is 79.9. The highest BCUT2D eigenvalue weighted by Crippen LogP contribution is 2.35. The lowest BCUT2D eigenvalue weighted by Crippen LogP contribution is -1.91. The zero-order valence-electron chi connectivity index (χ0n) is 8.33. The van der Waals surface area contributed by atoms with Crippen molar-refractivity contribution >= 4 is 21.9 Å². The summed E-state index contributed by atoms with van der Waals surface area (Å²) in [6.45, 7) is 0. The smallest absolute Gasteiger partial charge is 0.292 e. The first-order valence-corrected chi connectivity index (χ1v) is 5.16. The van der Waals surface area contributed by atoms with E-state index >= 15 is 0 Å². The lowest BCUT2D eigenvalue weighted by molar-refractivity contribution is 0.411. The van der Waals surface area contributed by atoms with Gasteiger partial charge in [-0.25, -0.2) is 9.37 Å². The molecule has 0 aliphatic rings. The van der Waals surface area contributed by atoms with Crippen molar-refractivity contribution in [3.8, 4) is 17.1 Å². The number of hydrogen-bond acceptors (Lipinski definition) is 4. The van der Waals surface area contributed by atoms with E-state index in [0.717, 1.165) is 0 Å². The number of halogens is 2. The number of benzene rings is 1. The van der Waals surface area contributed by atoms with E-state index in [4.69, 9.17) is 14.9 Å². The first-order valence-electron chi connectivity index (χ1n) is 4.36. The second-order valence-corrected chi connectivity index (χ2v) is 3.94. The number of oxazole rings is 1. The summed E-state index contributed by atoms with van der Waals surface area (Å²) in [7, 11) is 1.45. The molecule has 1 heterocycles. The van der Waals surface area contributed by atoms with Crippen LogP contribution in [0.25, 0.3) is 11.3 Å². The Kier molecular flexibility index (Phi) is 2.82. The van der Waals surface area contributed by atoms with E-state index in [2.05, 4.69) is 20.9 Å². The van der Waals surface area contributed by atoms with Gasteiger partial charge in [-0.1, -0.05) is 15.9 Å². The lowest BCUT2D eigenvalue weighted by Gasteiger charge is -2.07. The van der Waals surface area contributed by atoms with E-state index < -0.39 is 5.82 Å². The molecule has 6 heteroatoms. The largest absolute Gasteiger partial charge is 0.496 e. The van der Waals surface area contributed by atoms with Crippen molar-refractivity contribution < 1.29 is 13.5 Å². The summed E-state index contributed by atoms with van der Waals surface area (Å²) in [6, 6.07) is 2.94. The minimum absolute atomic E-state index is 0.0145. The molecule has 1 aromatic heterocycles. The Balaban J connectivity index is 2.63. The lowest BCUT2D eigenvalue weighted by atomic mass is 10.1. The first-order chi connectivity index (χ1) is 7.61. The molecule has 0 saturated carbocycles. The molecule has 4 nitrogen and oxygen atoms in total. The van der Waals surface area contributed by atoms with Gasteiger partial charge in [0.25, 0.3) is 6.01 Å². The zero-order valence-corrected chi connectivity index (χ0v) is 9.92. The Hall–Kier alpha value is -1.56. The normalized spacial score (nSPS) is 10.4. The van der Waals surface area contributed by atoms with E-state index in [0.29, 0.717) is 10.2 Å². The van der Waals surface area contributed by atoms with E-state index in [1.54, 1.807) is 6.07 Å². The summed E-state index contributed by atoms with van der Waals surface area (Å²) < 4.78 is 24.5. The molecule has 0 saturated heterocycles. The topological polar surface area (TPSA) is 61.3 Å². The van der Waals surface area contributed by atoms with E-state index in [1.165, 1.54) is 19.4 Å². The SMILES string of the molecule is COc1cc(Br)cc(F)c1-c1cnc(N)o1. The minimum Gasteiger partial charge on any atom is -0.496 e. The Morgan fingerprint density at radius 1 is 1.50 bits per heavy atom. The van der Waals surface area contributed by atoms with Crippen molar-refractivity contribution in [2.24, 2.45) is 0 Å². The number of ether oxygens (including phenoxy) is 1. The molecule has 0 unspecified atom stereocenters. The number of nitrogens with zero attached hydrogens (tertiary/aromatic N) is 1. The Labute approximate surface area is 99.4 Å². The third-order valence-corrected chi connectivity index (χ3v) is 2.47. The van der Waals surface area contributed by atoms with Gasteiger partial charge in [-0.05, 0) is 12.1 Å². The quantitative estimate of drug-likeness (QED) is 0.922. The molecule has 2 rings (SSSR count). The number of anilines is 1. The number of aromatic nitrogens is 1. The fraction of sp³-hybridized carbons (Fsp3) is 0.100. The maximum absolute atomic E-state index is 13.8. The van der Waals surface area contributed by atoms with E-state index in [1.807, 2.05) is 0 Å². The highest BCUT2D eigenvalue weighted by molar-refractivity contribution is 9.10. The molecule has 2 N–H and O–H groups in total. The van der Waals surface area contributed by atoms with Crippen LogP contribution in [0.2, 0.25) is 0 Å². The van der Waals surface area contributed by atoms with Crippen LogP contribution in [0.1, 0.15) is 0 Å². The average Bonchev–Trinajstić information content (AvgIpc) is 2.63. The van der Waals surface area contributed by atoms with Gasteiger partial charge in [0.2, 0.25) is 0 Å². The van der Waals surface area contributed by atoms with Crippen LogP contribution in [-0.2, 0) is 0 Å². The molecule has 0 atom stereocenters. The van der Waals surface area contributed by atoms with Crippen molar-refractivity contribution in [2.75, 3.05) is 12.8 Å². The maximum atomic E-state index is 13.8. The summed E-state index contributed by atoms with van der Waals surface area (Å²) >= 11 is 3.17. The number of methoxy groups -OCH3 is 1. The van der Waals surface area contributed by atoms with Gasteiger partial charge in [-0.2, -0.15) is 0 Å². The number of nitrogens with two attached hydrogens (primary N) is 1. The van der Waals surface area contributed by atoms with Gasteiger partial charge in [0.1, 0.15) is 11.6 Å². The fourth-order valence-electron chi connectivity index (χ4n) is 1.35. The first kappa shape index (κ1) is 10.9. The van der Waals surface area contributed by atoms with E-state index in [9.17, 15) is 4.39 Å². The molecule has 0 amide bonds. The van der Waals surface area contributed by atoms with Gasteiger partial charge in [-0.15, -0.1) is 0 Å². The fourth-order valence-corrected chi connectivity index (χ4v) is 1.76. The molecule has 0 aliphatic heterocycles. The molecular weight excluding hydrogens is 279 g/mol. The summed E-state index contributed by atoms with van der Waals surface area (Å²) in [4.78, 5) is 3.71. The van der Waals surface area contributed by atoms with Crippen LogP contribution in [0.4, 0.5) is 10.4 Å². The molecule has 0 fully saturated rings. The maximum Gasteiger partial charge on any atom is 0.292 e. The Morgan fingerprint density at radius 2 is 2.25 bits per heavy atom. The van der Waals surface area contributed by atoms with Crippen LogP contribution in [0, 0.1) is 5.82 Å². The van der Waals surface area contributed by atoms with Crippen molar-refractivity contribution in [2.45, 2.75) is 0 Å². The summed E-state index contributed by atoms with van der Waals surface area (Å²) in [6.07, 6.45) is 1.35. The van der Waals surface area contributed by atoms with Gasteiger partial charge in [-0.3, -0.25) is 0 Å². The van der Waals surface area contributed by atoms with Crippen LogP contribution in [0.3, 0.4) is 0 Å². The molecule has 0 aliphatic carbocycles. The van der Waals surface area contributed by atoms with Crippen LogP contribution in [0.5, 0.6) is 5.75 Å². The van der Waals surface area contributed by atoms with Gasteiger partial charge in [0.15, 0.2) is 5.76 Å². The number of hydrogen-bond donors (Lipinski definition) is 1. The molecule has 1 aromatic carbocycles. The van der Waals surface area contributed by atoms with Gasteiger partial charge < -0.3 is 14.9 Å². The second kappa shape index (κ2) is 4.13. The van der Waals surface area contributed by atoms with E-state index in [-0.39, 0.29) is 17.3 Å². The average molecular weight is 287 g/mol. The second-order valence-electron chi connectivity index (χ2n) is 3.03. The molecule has 2 aromatic rings. The number of rotatable bonds is 2. The van der Waals surface area contributed by atoms with Crippen LogP contribution >= 0.6 is 15.9 Å². The molecule has 16 heavy (non-hydrogen) atoms. The number of nitrogen functional groups attached to an aromatic ring is 1. The van der Waals surface area contributed by atoms with Gasteiger partial charge in [0, 0.05) is 4.47 Å². The minimum atomic E-state index is -0.470. The van der Waals surface area contributed by atoms with Crippen molar-refractivity contribution in [3.05, 3.63) is 28.6 Å². The zero-order chi connectivity index (χ0) is 11.7. The summed E-state index contributed by atoms with van der Waals surface area (Å²) in [5.41, 5.74) is 5.54. The molecule has 0 bridgehead atoms. The summed E-state index contributed by atoms with van der Waals surface area (Å²) in [5.74, 6) is 0.116. The molecular formula is C10H8BrFN2O2. The third kappa shape index (κ3) is 1.88. The van der Waals surface area contributed by atoms with Gasteiger partial charge in [0.05, 0.1) is 18.9 Å². The monoisotopic (exact) mass is 286 g/mol. The van der Waals surface area contributed by atoms with Crippen LogP contribution < -0.4 is 10.5 Å². The van der Waals surface area contributed by atoms with Crippen molar-refractivity contribution in [1.82, 2.24) is 4.98 Å². The predicted octanol–water partition coefficient (Wildman–Crippen LogP) is 2.83. The molecule has 0 radical (unpaired) electrons. The standard InChI is InChI=1S/C10H8BrFN2O2/c1-15-7-3-5(11)2-6(12)9(7)8-4-14-10(13)16-8/h2-4H,1H3,(H2,13,14). The highest BCUT2D eigenvalue weighted by Gasteiger charge is 2.17. The predicted molar refractivity (Wildman–Crippen MR) is 60.6 cm³/mol. The van der Waals surface area contributed by atoms with Crippen molar-refractivity contribution in [3.63, 3.8) is 0 Å². The van der Waals surface area contributed by atoms with Crippen LogP contribution in [-0.4, -0.2) is 12.1 Å². The Bertz CT molecular complexity index is 528. The molecule has 0 spiro atoms. The van der Waals surface area contributed by atoms with Gasteiger partial charge >= 0.3 is 0 Å². The van der Waals surface area contributed by atoms with Crippen LogP contribution in [0.15, 0.2) is 27.2 Å². The molecule has 84 valence electrons. The third-order valence-electron chi connectivity index (χ3n) is 2.01. The summed E-state index contributed by atoms with van der Waals surface area (Å²) in [5, 5.41) is 0.